The number of rotatable bonds is 5. The second kappa shape index (κ2) is 6.08. The van der Waals surface area contributed by atoms with E-state index in [2.05, 4.69) is 5.32 Å². The number of hydrogen-bond donors (Lipinski definition) is 2. The summed E-state index contributed by atoms with van der Waals surface area (Å²) in [5.41, 5.74) is 0. The molecule has 0 saturated carbocycles. The Hall–Kier alpha value is -0.610. The third-order valence-corrected chi connectivity index (χ3v) is 3.21. The van der Waals surface area contributed by atoms with E-state index in [1.807, 2.05) is 6.92 Å². The highest BCUT2D eigenvalue weighted by Crippen LogP contribution is 2.14. The lowest BCUT2D eigenvalue weighted by molar-refractivity contribution is -0.141. The second-order valence-electron chi connectivity index (χ2n) is 4.38. The first kappa shape index (κ1) is 12.5. The summed E-state index contributed by atoms with van der Waals surface area (Å²) in [6.07, 6.45) is 2.17. The summed E-state index contributed by atoms with van der Waals surface area (Å²) in [6.45, 7) is 6.26. The van der Waals surface area contributed by atoms with Crippen molar-refractivity contribution in [1.82, 2.24) is 5.32 Å². The molecule has 1 rings (SSSR count). The quantitative estimate of drug-likeness (QED) is 0.721. The predicted molar refractivity (Wildman–Crippen MR) is 57.8 cm³/mol. The molecule has 1 saturated heterocycles. The van der Waals surface area contributed by atoms with E-state index in [1.54, 1.807) is 6.92 Å². The molecule has 0 radical (unpaired) electrons. The first-order chi connectivity index (χ1) is 7.11. The Morgan fingerprint density at radius 3 is 2.60 bits per heavy atom. The van der Waals surface area contributed by atoms with Crippen LogP contribution in [0.3, 0.4) is 0 Å². The van der Waals surface area contributed by atoms with Crippen molar-refractivity contribution in [3.8, 4) is 0 Å². The fraction of sp³-hybridized carbons (Fsp3) is 0.909. The molecule has 0 bridgehead atoms. The van der Waals surface area contributed by atoms with Gasteiger partial charge in [-0.2, -0.15) is 0 Å². The predicted octanol–water partition coefficient (Wildman–Crippen LogP) is 1.11. The average molecular weight is 215 g/mol. The van der Waals surface area contributed by atoms with Crippen molar-refractivity contribution in [2.24, 2.45) is 11.8 Å². The number of nitrogens with one attached hydrogen (secondary N) is 1. The zero-order chi connectivity index (χ0) is 11.3. The minimum absolute atomic E-state index is 0.0327. The van der Waals surface area contributed by atoms with Crippen LogP contribution in [0.2, 0.25) is 0 Å². The molecule has 2 atom stereocenters. The zero-order valence-electron chi connectivity index (χ0n) is 9.53. The molecule has 88 valence electrons. The van der Waals surface area contributed by atoms with Crippen LogP contribution in [-0.2, 0) is 9.53 Å². The Labute approximate surface area is 91.0 Å². The lowest BCUT2D eigenvalue weighted by Crippen LogP contribution is -2.39. The highest BCUT2D eigenvalue weighted by Gasteiger charge is 2.20. The van der Waals surface area contributed by atoms with Gasteiger partial charge in [-0.1, -0.05) is 6.92 Å². The van der Waals surface area contributed by atoms with Crippen molar-refractivity contribution >= 4 is 5.97 Å². The fourth-order valence-electron chi connectivity index (χ4n) is 1.69. The number of ether oxygens (including phenoxy) is 1. The molecule has 0 aromatic heterocycles. The van der Waals surface area contributed by atoms with E-state index in [-0.39, 0.29) is 12.0 Å². The van der Waals surface area contributed by atoms with E-state index >= 15 is 0 Å². The minimum atomic E-state index is -0.734. The molecular weight excluding hydrogens is 194 g/mol. The summed E-state index contributed by atoms with van der Waals surface area (Å²) < 4.78 is 5.27. The number of aliphatic carboxylic acids is 1. The van der Waals surface area contributed by atoms with Crippen LogP contribution in [0.5, 0.6) is 0 Å². The minimum Gasteiger partial charge on any atom is -0.481 e. The molecule has 2 unspecified atom stereocenters. The van der Waals surface area contributed by atoms with Gasteiger partial charge in [-0.3, -0.25) is 4.79 Å². The normalized spacial score (nSPS) is 22.3. The van der Waals surface area contributed by atoms with Gasteiger partial charge in [0.1, 0.15) is 0 Å². The maximum Gasteiger partial charge on any atom is 0.307 e. The van der Waals surface area contributed by atoms with Gasteiger partial charge in [-0.15, -0.1) is 0 Å². The molecule has 1 heterocycles. The lowest BCUT2D eigenvalue weighted by Gasteiger charge is -2.25. The monoisotopic (exact) mass is 215 g/mol. The maximum absolute atomic E-state index is 10.7. The fourth-order valence-corrected chi connectivity index (χ4v) is 1.69. The van der Waals surface area contributed by atoms with Crippen LogP contribution in [0.25, 0.3) is 0 Å². The molecule has 0 aliphatic carbocycles. The van der Waals surface area contributed by atoms with Crippen molar-refractivity contribution in [3.63, 3.8) is 0 Å². The van der Waals surface area contributed by atoms with Crippen LogP contribution < -0.4 is 5.32 Å². The van der Waals surface area contributed by atoms with Gasteiger partial charge in [0.25, 0.3) is 0 Å². The molecule has 1 aliphatic heterocycles. The number of hydrogen-bond acceptors (Lipinski definition) is 3. The van der Waals surface area contributed by atoms with Crippen molar-refractivity contribution in [1.29, 1.82) is 0 Å². The van der Waals surface area contributed by atoms with Crippen LogP contribution >= 0.6 is 0 Å². The molecule has 0 spiro atoms. The van der Waals surface area contributed by atoms with E-state index in [0.29, 0.717) is 5.92 Å². The summed E-state index contributed by atoms with van der Waals surface area (Å²) in [6, 6.07) is 0.0327. The van der Waals surface area contributed by atoms with Crippen molar-refractivity contribution in [2.45, 2.75) is 32.7 Å². The van der Waals surface area contributed by atoms with E-state index in [4.69, 9.17) is 9.84 Å². The summed E-state index contributed by atoms with van der Waals surface area (Å²) in [5, 5.41) is 12.1. The van der Waals surface area contributed by atoms with Gasteiger partial charge in [-0.05, 0) is 32.2 Å². The molecule has 4 heteroatoms. The van der Waals surface area contributed by atoms with Gasteiger partial charge in [0.05, 0.1) is 5.92 Å². The largest absolute Gasteiger partial charge is 0.481 e. The molecule has 1 fully saturated rings. The van der Waals surface area contributed by atoms with E-state index in [0.717, 1.165) is 32.6 Å². The first-order valence-electron chi connectivity index (χ1n) is 5.65. The number of carboxylic acid groups (broad SMARTS) is 1. The Morgan fingerprint density at radius 1 is 1.47 bits per heavy atom. The smallest absolute Gasteiger partial charge is 0.307 e. The molecule has 1 aliphatic rings. The van der Waals surface area contributed by atoms with Gasteiger partial charge in [0, 0.05) is 19.3 Å². The van der Waals surface area contributed by atoms with E-state index in [1.165, 1.54) is 0 Å². The van der Waals surface area contributed by atoms with Gasteiger partial charge >= 0.3 is 5.97 Å². The summed E-state index contributed by atoms with van der Waals surface area (Å²) >= 11 is 0. The van der Waals surface area contributed by atoms with Gasteiger partial charge in [0.15, 0.2) is 0 Å². The average Bonchev–Trinajstić information content (AvgIpc) is 2.26. The van der Waals surface area contributed by atoms with Crippen LogP contribution in [0, 0.1) is 11.8 Å². The first-order valence-corrected chi connectivity index (χ1v) is 5.65. The topological polar surface area (TPSA) is 58.6 Å². The van der Waals surface area contributed by atoms with Crippen LogP contribution in [-0.4, -0.2) is 36.9 Å². The van der Waals surface area contributed by atoms with Gasteiger partial charge in [0.2, 0.25) is 0 Å². The Kier molecular flexibility index (Phi) is 5.05. The second-order valence-corrected chi connectivity index (χ2v) is 4.38. The Bertz CT molecular complexity index is 202. The zero-order valence-corrected chi connectivity index (χ0v) is 9.53. The molecule has 0 aromatic rings. The van der Waals surface area contributed by atoms with Crippen LogP contribution in [0.1, 0.15) is 26.7 Å². The summed E-state index contributed by atoms with van der Waals surface area (Å²) in [7, 11) is 0. The van der Waals surface area contributed by atoms with Crippen LogP contribution in [0.4, 0.5) is 0 Å². The standard InChI is InChI=1S/C11H21NO3/c1-8(11(13)14)9(2)12-7-10-3-5-15-6-4-10/h8-10,12H,3-7H2,1-2H3,(H,13,14). The number of carbonyl (C=O) groups is 1. The van der Waals surface area contributed by atoms with Crippen molar-refractivity contribution in [2.75, 3.05) is 19.8 Å². The van der Waals surface area contributed by atoms with Gasteiger partial charge < -0.3 is 15.2 Å². The van der Waals surface area contributed by atoms with Gasteiger partial charge in [-0.25, -0.2) is 0 Å². The molecule has 2 N–H and O–H groups in total. The molecule has 0 amide bonds. The highest BCUT2D eigenvalue weighted by molar-refractivity contribution is 5.70. The summed E-state index contributed by atoms with van der Waals surface area (Å²) in [5.74, 6) is -0.422. The maximum atomic E-state index is 10.7. The number of carboxylic acids is 1. The third-order valence-electron chi connectivity index (χ3n) is 3.21. The molecule has 4 nitrogen and oxygen atoms in total. The molecular formula is C11H21NO3. The van der Waals surface area contributed by atoms with Crippen LogP contribution in [0.15, 0.2) is 0 Å². The molecule has 0 aromatic carbocycles. The Balaban J connectivity index is 2.20. The van der Waals surface area contributed by atoms with E-state index < -0.39 is 5.97 Å². The molecule has 15 heavy (non-hydrogen) atoms. The highest BCUT2D eigenvalue weighted by atomic mass is 16.5. The van der Waals surface area contributed by atoms with Crippen molar-refractivity contribution < 1.29 is 14.6 Å². The summed E-state index contributed by atoms with van der Waals surface area (Å²) in [4.78, 5) is 10.7. The third kappa shape index (κ3) is 4.18. The van der Waals surface area contributed by atoms with Crippen molar-refractivity contribution in [3.05, 3.63) is 0 Å². The Morgan fingerprint density at radius 2 is 2.07 bits per heavy atom. The SMILES string of the molecule is CC(NCC1CCOCC1)C(C)C(=O)O. The lowest BCUT2D eigenvalue weighted by atomic mass is 9.98. The van der Waals surface area contributed by atoms with E-state index in [9.17, 15) is 4.79 Å².